The van der Waals surface area contributed by atoms with Crippen LogP contribution in [0.15, 0.2) is 24.3 Å². The Kier molecular flexibility index (Phi) is 3.39. The maximum atomic E-state index is 11.6. The quantitative estimate of drug-likeness (QED) is 0.663. The zero-order valence-corrected chi connectivity index (χ0v) is 9.40. The van der Waals surface area contributed by atoms with E-state index in [-0.39, 0.29) is 11.8 Å². The van der Waals surface area contributed by atoms with E-state index in [4.69, 9.17) is 5.73 Å². The zero-order valence-electron chi connectivity index (χ0n) is 9.40. The van der Waals surface area contributed by atoms with E-state index in [1.165, 1.54) is 0 Å². The molecule has 0 bridgehead atoms. The topological polar surface area (TPSA) is 84.2 Å². The van der Waals surface area contributed by atoms with Gasteiger partial charge in [0.2, 0.25) is 11.8 Å². The second kappa shape index (κ2) is 4.97. The molecule has 5 heteroatoms. The highest BCUT2D eigenvalue weighted by Gasteiger charge is 2.24. The van der Waals surface area contributed by atoms with Crippen LogP contribution in [0.5, 0.6) is 0 Å². The molecule has 2 amide bonds. The van der Waals surface area contributed by atoms with Crippen molar-refractivity contribution in [2.45, 2.75) is 6.54 Å². The first kappa shape index (κ1) is 11.6. The van der Waals surface area contributed by atoms with Crippen LogP contribution >= 0.6 is 0 Å². The van der Waals surface area contributed by atoms with Crippen molar-refractivity contribution in [1.82, 2.24) is 10.6 Å². The van der Waals surface area contributed by atoms with Crippen LogP contribution in [0, 0.1) is 5.92 Å². The smallest absolute Gasteiger partial charge is 0.248 e. The van der Waals surface area contributed by atoms with E-state index < -0.39 is 5.91 Å². The third kappa shape index (κ3) is 2.82. The first-order valence-electron chi connectivity index (χ1n) is 5.54. The lowest BCUT2D eigenvalue weighted by Gasteiger charge is -2.25. The Morgan fingerprint density at radius 1 is 1.41 bits per heavy atom. The average molecular weight is 233 g/mol. The number of benzene rings is 1. The fourth-order valence-electron chi connectivity index (χ4n) is 1.64. The molecule has 0 aliphatic carbocycles. The number of nitrogens with one attached hydrogen (secondary N) is 2. The summed E-state index contributed by atoms with van der Waals surface area (Å²) < 4.78 is 0. The standard InChI is InChI=1S/C12H15N3O2/c13-11(16)9-3-1-2-8(4-9)5-15-12(17)10-6-14-7-10/h1-4,10,14H,5-7H2,(H2,13,16)(H,15,17). The summed E-state index contributed by atoms with van der Waals surface area (Å²) in [6, 6.07) is 6.96. The summed E-state index contributed by atoms with van der Waals surface area (Å²) in [6.45, 7) is 1.91. The number of carbonyl (C=O) groups is 2. The van der Waals surface area contributed by atoms with Crippen molar-refractivity contribution < 1.29 is 9.59 Å². The number of rotatable bonds is 4. The van der Waals surface area contributed by atoms with E-state index in [9.17, 15) is 9.59 Å². The van der Waals surface area contributed by atoms with Crippen molar-refractivity contribution >= 4 is 11.8 Å². The van der Waals surface area contributed by atoms with E-state index >= 15 is 0 Å². The maximum absolute atomic E-state index is 11.6. The van der Waals surface area contributed by atoms with E-state index in [1.54, 1.807) is 18.2 Å². The van der Waals surface area contributed by atoms with Gasteiger partial charge in [-0.1, -0.05) is 12.1 Å². The summed E-state index contributed by atoms with van der Waals surface area (Å²) in [4.78, 5) is 22.6. The molecule has 90 valence electrons. The maximum Gasteiger partial charge on any atom is 0.248 e. The van der Waals surface area contributed by atoms with Gasteiger partial charge in [0.25, 0.3) is 0 Å². The van der Waals surface area contributed by atoms with Crippen LogP contribution in [0.2, 0.25) is 0 Å². The lowest BCUT2D eigenvalue weighted by molar-refractivity contribution is -0.126. The third-order valence-corrected chi connectivity index (χ3v) is 2.83. The Bertz CT molecular complexity index is 441. The first-order valence-corrected chi connectivity index (χ1v) is 5.54. The fourth-order valence-corrected chi connectivity index (χ4v) is 1.64. The summed E-state index contributed by atoms with van der Waals surface area (Å²) >= 11 is 0. The van der Waals surface area contributed by atoms with Crippen molar-refractivity contribution in [1.29, 1.82) is 0 Å². The third-order valence-electron chi connectivity index (χ3n) is 2.83. The highest BCUT2D eigenvalue weighted by Crippen LogP contribution is 2.06. The number of amides is 2. The second-order valence-corrected chi connectivity index (χ2v) is 4.14. The molecule has 0 atom stereocenters. The molecule has 1 aliphatic rings. The van der Waals surface area contributed by atoms with Crippen LogP contribution < -0.4 is 16.4 Å². The summed E-state index contributed by atoms with van der Waals surface area (Å²) in [5.41, 5.74) is 6.52. The van der Waals surface area contributed by atoms with E-state index in [2.05, 4.69) is 10.6 Å². The van der Waals surface area contributed by atoms with Crippen molar-refractivity contribution in [3.8, 4) is 0 Å². The van der Waals surface area contributed by atoms with Gasteiger partial charge in [-0.2, -0.15) is 0 Å². The molecular formula is C12H15N3O2. The van der Waals surface area contributed by atoms with Crippen LogP contribution in [-0.4, -0.2) is 24.9 Å². The molecule has 17 heavy (non-hydrogen) atoms. The molecule has 4 N–H and O–H groups in total. The Morgan fingerprint density at radius 2 is 2.18 bits per heavy atom. The van der Waals surface area contributed by atoms with Crippen LogP contribution in [0.3, 0.4) is 0 Å². The van der Waals surface area contributed by atoms with Crippen LogP contribution in [0.4, 0.5) is 0 Å². The molecule has 1 fully saturated rings. The first-order chi connectivity index (χ1) is 8.16. The van der Waals surface area contributed by atoms with Crippen molar-refractivity contribution in [2.75, 3.05) is 13.1 Å². The van der Waals surface area contributed by atoms with Crippen molar-refractivity contribution in [3.63, 3.8) is 0 Å². The summed E-state index contributed by atoms with van der Waals surface area (Å²) in [7, 11) is 0. The molecular weight excluding hydrogens is 218 g/mol. The molecule has 0 spiro atoms. The van der Waals surface area contributed by atoms with Gasteiger partial charge in [-0.25, -0.2) is 0 Å². The van der Waals surface area contributed by atoms with E-state index in [0.717, 1.165) is 18.7 Å². The minimum Gasteiger partial charge on any atom is -0.366 e. The minimum absolute atomic E-state index is 0.0493. The average Bonchev–Trinajstić information content (AvgIpc) is 2.24. The highest BCUT2D eigenvalue weighted by molar-refractivity contribution is 5.92. The molecule has 1 aliphatic heterocycles. The van der Waals surface area contributed by atoms with Crippen LogP contribution in [0.1, 0.15) is 15.9 Å². The van der Waals surface area contributed by atoms with E-state index in [0.29, 0.717) is 12.1 Å². The van der Waals surface area contributed by atoms with Crippen LogP contribution in [-0.2, 0) is 11.3 Å². The number of hydrogen-bond acceptors (Lipinski definition) is 3. The molecule has 0 aromatic heterocycles. The lowest BCUT2D eigenvalue weighted by atomic mass is 10.0. The molecule has 0 saturated carbocycles. The van der Waals surface area contributed by atoms with Gasteiger partial charge in [0.15, 0.2) is 0 Å². The molecule has 1 heterocycles. The zero-order chi connectivity index (χ0) is 12.3. The fraction of sp³-hybridized carbons (Fsp3) is 0.333. The Morgan fingerprint density at radius 3 is 2.76 bits per heavy atom. The summed E-state index contributed by atoms with van der Waals surface area (Å²) in [6.07, 6.45) is 0. The van der Waals surface area contributed by atoms with Crippen LogP contribution in [0.25, 0.3) is 0 Å². The lowest BCUT2D eigenvalue weighted by Crippen LogP contribution is -2.50. The predicted octanol–water partition coefficient (Wildman–Crippen LogP) is -0.379. The number of carbonyl (C=O) groups excluding carboxylic acids is 2. The minimum atomic E-state index is -0.457. The van der Waals surface area contributed by atoms with Gasteiger partial charge in [0.1, 0.15) is 0 Å². The number of primary amides is 1. The van der Waals surface area contributed by atoms with Crippen molar-refractivity contribution in [3.05, 3.63) is 35.4 Å². The second-order valence-electron chi connectivity index (χ2n) is 4.14. The molecule has 0 radical (unpaired) electrons. The molecule has 2 rings (SSSR count). The van der Waals surface area contributed by atoms with Gasteiger partial charge in [0, 0.05) is 25.2 Å². The highest BCUT2D eigenvalue weighted by atomic mass is 16.2. The molecule has 5 nitrogen and oxygen atoms in total. The summed E-state index contributed by atoms with van der Waals surface area (Å²) in [5.74, 6) is -0.330. The van der Waals surface area contributed by atoms with Crippen molar-refractivity contribution in [2.24, 2.45) is 11.7 Å². The van der Waals surface area contributed by atoms with Gasteiger partial charge in [-0.05, 0) is 17.7 Å². The molecule has 1 aromatic rings. The van der Waals surface area contributed by atoms with Gasteiger partial charge in [-0.15, -0.1) is 0 Å². The monoisotopic (exact) mass is 233 g/mol. The van der Waals surface area contributed by atoms with Gasteiger partial charge in [-0.3, -0.25) is 9.59 Å². The Balaban J connectivity index is 1.91. The molecule has 1 aromatic carbocycles. The number of hydrogen-bond donors (Lipinski definition) is 3. The molecule has 1 saturated heterocycles. The van der Waals surface area contributed by atoms with E-state index in [1.807, 2.05) is 6.07 Å². The number of nitrogens with two attached hydrogens (primary N) is 1. The Hall–Kier alpha value is -1.88. The van der Waals surface area contributed by atoms with Gasteiger partial charge in [0.05, 0.1) is 5.92 Å². The summed E-state index contributed by atoms with van der Waals surface area (Å²) in [5, 5.41) is 5.88. The predicted molar refractivity (Wildman–Crippen MR) is 63.2 cm³/mol. The molecule has 0 unspecified atom stereocenters. The van der Waals surface area contributed by atoms with Gasteiger partial charge >= 0.3 is 0 Å². The Labute approximate surface area is 99.4 Å². The SMILES string of the molecule is NC(=O)c1cccc(CNC(=O)C2CNC2)c1. The normalized spacial score (nSPS) is 15.1. The van der Waals surface area contributed by atoms with Gasteiger partial charge < -0.3 is 16.4 Å². The largest absolute Gasteiger partial charge is 0.366 e.